The van der Waals surface area contributed by atoms with Crippen LogP contribution in [0.1, 0.15) is 45.2 Å². The SMILES string of the molecule is Cc1c(-c2cc(-c3cnn(C4CCN(C(=O)OC(C)(C)C)CC4)c3)cnc2N)sc2ccccc12. The van der Waals surface area contributed by atoms with Crippen molar-refractivity contribution in [2.75, 3.05) is 18.8 Å². The van der Waals surface area contributed by atoms with Gasteiger partial charge in [0.25, 0.3) is 0 Å². The lowest BCUT2D eigenvalue weighted by molar-refractivity contribution is 0.0185. The lowest BCUT2D eigenvalue weighted by atomic mass is 10.0. The molecule has 0 aliphatic carbocycles. The van der Waals surface area contributed by atoms with Gasteiger partial charge in [-0.1, -0.05) is 18.2 Å². The maximum atomic E-state index is 12.4. The smallest absolute Gasteiger partial charge is 0.410 e. The highest BCUT2D eigenvalue weighted by Gasteiger charge is 2.28. The van der Waals surface area contributed by atoms with E-state index in [2.05, 4.69) is 53.5 Å². The molecule has 0 bridgehead atoms. The number of pyridine rings is 1. The molecule has 0 radical (unpaired) electrons. The summed E-state index contributed by atoms with van der Waals surface area (Å²) < 4.78 is 8.78. The van der Waals surface area contributed by atoms with Crippen molar-refractivity contribution in [3.05, 3.63) is 54.5 Å². The second kappa shape index (κ2) is 9.00. The van der Waals surface area contributed by atoms with E-state index < -0.39 is 5.60 Å². The van der Waals surface area contributed by atoms with Gasteiger partial charge in [-0.3, -0.25) is 4.68 Å². The molecule has 1 saturated heterocycles. The lowest BCUT2D eigenvalue weighted by Crippen LogP contribution is -2.42. The molecule has 0 atom stereocenters. The second-order valence-electron chi connectivity index (χ2n) is 10.1. The first-order valence-corrected chi connectivity index (χ1v) is 12.8. The molecule has 4 aromatic rings. The van der Waals surface area contributed by atoms with Crippen LogP contribution in [0, 0.1) is 6.92 Å². The number of aromatic nitrogens is 3. The third-order valence-corrected chi connectivity index (χ3v) is 7.74. The summed E-state index contributed by atoms with van der Waals surface area (Å²) in [5, 5.41) is 5.90. The van der Waals surface area contributed by atoms with E-state index in [1.165, 1.54) is 15.6 Å². The first-order valence-electron chi connectivity index (χ1n) is 12.0. The number of aryl methyl sites for hydroxylation is 1. The van der Waals surface area contributed by atoms with E-state index >= 15 is 0 Å². The van der Waals surface area contributed by atoms with Crippen molar-refractivity contribution in [1.82, 2.24) is 19.7 Å². The molecule has 0 spiro atoms. The third kappa shape index (κ3) is 4.75. The van der Waals surface area contributed by atoms with Crippen molar-refractivity contribution < 1.29 is 9.53 Å². The van der Waals surface area contributed by atoms with Crippen LogP contribution >= 0.6 is 11.3 Å². The molecule has 1 aliphatic rings. The van der Waals surface area contributed by atoms with Crippen LogP contribution in [0.4, 0.5) is 10.6 Å². The summed E-state index contributed by atoms with van der Waals surface area (Å²) >= 11 is 1.75. The Morgan fingerprint density at radius 2 is 1.89 bits per heavy atom. The number of hydrogen-bond donors (Lipinski definition) is 1. The van der Waals surface area contributed by atoms with E-state index in [9.17, 15) is 4.79 Å². The van der Waals surface area contributed by atoms with E-state index in [1.54, 1.807) is 16.2 Å². The zero-order valence-corrected chi connectivity index (χ0v) is 21.4. The Labute approximate surface area is 209 Å². The fourth-order valence-electron chi connectivity index (χ4n) is 4.57. The molecule has 8 heteroatoms. The number of nitrogen functional groups attached to an aromatic ring is 1. The highest BCUT2D eigenvalue weighted by Crippen LogP contribution is 2.41. The van der Waals surface area contributed by atoms with Crippen molar-refractivity contribution in [1.29, 1.82) is 0 Å². The topological polar surface area (TPSA) is 86.3 Å². The molecular formula is C27H31N5O2S. The number of likely N-dealkylation sites (tertiary alicyclic amines) is 1. The number of rotatable bonds is 3. The van der Waals surface area contributed by atoms with Crippen LogP contribution in [0.15, 0.2) is 48.9 Å². The second-order valence-corrected chi connectivity index (χ2v) is 11.2. The monoisotopic (exact) mass is 489 g/mol. The molecule has 2 N–H and O–H groups in total. The Bertz CT molecular complexity index is 1380. The molecule has 35 heavy (non-hydrogen) atoms. The molecule has 7 nitrogen and oxygen atoms in total. The standard InChI is InChI=1S/C27H31N5O2S/c1-17-21-7-5-6-8-23(21)35-24(17)22-13-18(14-29-25(22)28)19-15-30-32(16-19)20-9-11-31(12-10-20)26(33)34-27(2,3)4/h5-8,13-16,20H,9-12H2,1-4H3,(H2,28,29). The number of nitrogens with zero attached hydrogens (tertiary/aromatic N) is 4. The highest BCUT2D eigenvalue weighted by molar-refractivity contribution is 7.22. The zero-order valence-electron chi connectivity index (χ0n) is 20.6. The molecule has 1 amide bonds. The quantitative estimate of drug-likeness (QED) is 0.365. The molecule has 1 aliphatic heterocycles. The normalized spacial score (nSPS) is 15.0. The fraction of sp³-hybridized carbons (Fsp3) is 0.370. The number of fused-ring (bicyclic) bond motifs is 1. The van der Waals surface area contributed by atoms with Crippen molar-refractivity contribution in [2.24, 2.45) is 0 Å². The van der Waals surface area contributed by atoms with Crippen molar-refractivity contribution in [2.45, 2.75) is 52.2 Å². The minimum atomic E-state index is -0.481. The summed E-state index contributed by atoms with van der Waals surface area (Å²) in [6.07, 6.45) is 7.21. The van der Waals surface area contributed by atoms with Crippen LogP contribution in [-0.2, 0) is 4.74 Å². The fourth-order valence-corrected chi connectivity index (χ4v) is 5.81. The zero-order chi connectivity index (χ0) is 24.7. The summed E-state index contributed by atoms with van der Waals surface area (Å²) in [5.41, 5.74) is 10.0. The molecule has 3 aromatic heterocycles. The number of thiophene rings is 1. The summed E-state index contributed by atoms with van der Waals surface area (Å²) in [6, 6.07) is 10.8. The van der Waals surface area contributed by atoms with Gasteiger partial charge in [0.1, 0.15) is 11.4 Å². The van der Waals surface area contributed by atoms with E-state index in [0.29, 0.717) is 18.9 Å². The van der Waals surface area contributed by atoms with Gasteiger partial charge in [0, 0.05) is 51.8 Å². The number of benzene rings is 1. The predicted octanol–water partition coefficient (Wildman–Crippen LogP) is 6.29. The Hall–Kier alpha value is -3.39. The Morgan fingerprint density at radius 1 is 1.14 bits per heavy atom. The molecule has 1 aromatic carbocycles. The predicted molar refractivity (Wildman–Crippen MR) is 142 cm³/mol. The molecule has 4 heterocycles. The number of carbonyl (C=O) groups excluding carboxylic acids is 1. The number of piperidine rings is 1. The largest absolute Gasteiger partial charge is 0.444 e. The molecule has 0 saturated carbocycles. The van der Waals surface area contributed by atoms with Gasteiger partial charge in [0.2, 0.25) is 0 Å². The first kappa shape index (κ1) is 23.4. The minimum absolute atomic E-state index is 0.242. The molecule has 0 unspecified atom stereocenters. The van der Waals surface area contributed by atoms with Gasteiger partial charge in [0.15, 0.2) is 0 Å². The molecule has 5 rings (SSSR count). The van der Waals surface area contributed by atoms with Gasteiger partial charge in [-0.2, -0.15) is 5.10 Å². The van der Waals surface area contributed by atoms with Crippen LogP contribution in [0.5, 0.6) is 0 Å². The highest BCUT2D eigenvalue weighted by atomic mass is 32.1. The number of amides is 1. The van der Waals surface area contributed by atoms with E-state index in [0.717, 1.165) is 34.4 Å². The summed E-state index contributed by atoms with van der Waals surface area (Å²) in [6.45, 7) is 9.14. The number of ether oxygens (including phenoxy) is 1. The number of carbonyl (C=O) groups is 1. The van der Waals surface area contributed by atoms with Crippen LogP contribution < -0.4 is 5.73 Å². The van der Waals surface area contributed by atoms with Crippen molar-refractivity contribution in [3.8, 4) is 21.6 Å². The molecule has 1 fully saturated rings. The Morgan fingerprint density at radius 3 is 2.60 bits per heavy atom. The Kier molecular flexibility index (Phi) is 6.01. The number of hydrogen-bond acceptors (Lipinski definition) is 6. The van der Waals surface area contributed by atoms with Gasteiger partial charge in [-0.25, -0.2) is 9.78 Å². The van der Waals surface area contributed by atoms with Gasteiger partial charge in [0.05, 0.1) is 12.2 Å². The molecule has 182 valence electrons. The van der Waals surface area contributed by atoms with Crippen LogP contribution in [0.3, 0.4) is 0 Å². The van der Waals surface area contributed by atoms with E-state index in [-0.39, 0.29) is 12.1 Å². The third-order valence-electron chi connectivity index (χ3n) is 6.43. The summed E-state index contributed by atoms with van der Waals surface area (Å²) in [5.74, 6) is 0.533. The van der Waals surface area contributed by atoms with Crippen LogP contribution in [0.2, 0.25) is 0 Å². The summed E-state index contributed by atoms with van der Waals surface area (Å²) in [4.78, 5) is 19.8. The van der Waals surface area contributed by atoms with Crippen molar-refractivity contribution in [3.63, 3.8) is 0 Å². The number of nitrogens with two attached hydrogens (primary N) is 1. The summed E-state index contributed by atoms with van der Waals surface area (Å²) in [7, 11) is 0. The van der Waals surface area contributed by atoms with Gasteiger partial charge >= 0.3 is 6.09 Å². The van der Waals surface area contributed by atoms with Gasteiger partial charge < -0.3 is 15.4 Å². The lowest BCUT2D eigenvalue weighted by Gasteiger charge is -2.33. The van der Waals surface area contributed by atoms with Gasteiger partial charge in [-0.05, 0) is 63.6 Å². The maximum Gasteiger partial charge on any atom is 0.410 e. The van der Waals surface area contributed by atoms with Crippen LogP contribution in [-0.4, -0.2) is 44.4 Å². The van der Waals surface area contributed by atoms with Crippen molar-refractivity contribution >= 4 is 33.3 Å². The minimum Gasteiger partial charge on any atom is -0.444 e. The van der Waals surface area contributed by atoms with Crippen LogP contribution in [0.25, 0.3) is 31.7 Å². The Balaban J connectivity index is 1.34. The first-order chi connectivity index (χ1) is 16.7. The van der Waals surface area contributed by atoms with E-state index in [4.69, 9.17) is 10.5 Å². The van der Waals surface area contributed by atoms with E-state index in [1.807, 2.05) is 37.8 Å². The maximum absolute atomic E-state index is 12.4. The molecular weight excluding hydrogens is 458 g/mol. The average Bonchev–Trinajstić information content (AvgIpc) is 3.44. The number of anilines is 1. The average molecular weight is 490 g/mol. The van der Waals surface area contributed by atoms with Gasteiger partial charge in [-0.15, -0.1) is 11.3 Å².